The minimum atomic E-state index is -0.205. The fraction of sp³-hybridized carbons (Fsp3) is 0.625. The van der Waals surface area contributed by atoms with Gasteiger partial charge in [0.2, 0.25) is 0 Å². The van der Waals surface area contributed by atoms with Gasteiger partial charge < -0.3 is 14.8 Å². The maximum absolute atomic E-state index is 14.5. The second-order valence-corrected chi connectivity index (χ2v) is 5.98. The normalized spacial score (nSPS) is 19.8. The lowest BCUT2D eigenvalue weighted by Crippen LogP contribution is -2.22. The van der Waals surface area contributed by atoms with Gasteiger partial charge in [-0.2, -0.15) is 0 Å². The highest BCUT2D eigenvalue weighted by Crippen LogP contribution is 2.52. The minimum Gasteiger partial charge on any atom is -0.493 e. The maximum atomic E-state index is 14.5. The third-order valence-electron chi connectivity index (χ3n) is 4.04. The molecule has 1 unspecified atom stereocenters. The largest absolute Gasteiger partial charge is 0.493 e. The molecule has 0 bridgehead atoms. The summed E-state index contributed by atoms with van der Waals surface area (Å²) in [6.45, 7) is 7.18. The van der Waals surface area contributed by atoms with E-state index in [0.29, 0.717) is 11.5 Å². The van der Waals surface area contributed by atoms with Crippen LogP contribution in [0.1, 0.15) is 50.8 Å². The maximum Gasteiger partial charge on any atom is 0.165 e. The SMILES string of the molecule is CCCNC1CC(C)(C)c2c(F)cc(OC)c(OC)c21. The van der Waals surface area contributed by atoms with Gasteiger partial charge in [-0.15, -0.1) is 0 Å². The molecule has 0 amide bonds. The van der Waals surface area contributed by atoms with Crippen molar-refractivity contribution < 1.29 is 13.9 Å². The van der Waals surface area contributed by atoms with Crippen LogP contribution in [-0.4, -0.2) is 20.8 Å². The molecule has 0 aromatic heterocycles. The molecule has 0 heterocycles. The zero-order valence-electron chi connectivity index (χ0n) is 13.0. The molecule has 20 heavy (non-hydrogen) atoms. The van der Waals surface area contributed by atoms with E-state index < -0.39 is 0 Å². The van der Waals surface area contributed by atoms with E-state index in [9.17, 15) is 4.39 Å². The molecule has 0 aliphatic heterocycles. The van der Waals surface area contributed by atoms with Crippen molar-refractivity contribution in [3.05, 3.63) is 23.0 Å². The molecule has 1 atom stereocenters. The molecular weight excluding hydrogens is 257 g/mol. The van der Waals surface area contributed by atoms with Crippen molar-refractivity contribution in [1.82, 2.24) is 5.32 Å². The predicted octanol–water partition coefficient (Wildman–Crippen LogP) is 3.56. The molecule has 1 N–H and O–H groups in total. The van der Waals surface area contributed by atoms with Crippen molar-refractivity contribution in [3.8, 4) is 11.5 Å². The average Bonchev–Trinajstić information content (AvgIpc) is 2.68. The van der Waals surface area contributed by atoms with Crippen molar-refractivity contribution in [2.45, 2.75) is 45.1 Å². The Hall–Kier alpha value is -1.29. The lowest BCUT2D eigenvalue weighted by molar-refractivity contribution is 0.345. The zero-order valence-corrected chi connectivity index (χ0v) is 13.0. The van der Waals surface area contributed by atoms with E-state index in [-0.39, 0.29) is 17.3 Å². The Kier molecular flexibility index (Phi) is 4.23. The summed E-state index contributed by atoms with van der Waals surface area (Å²) in [5.41, 5.74) is 1.47. The standard InChI is InChI=1S/C16H24FNO2/c1-6-7-18-11-9-16(2,3)14-10(17)8-12(19-4)15(20-5)13(11)14/h8,11,18H,6-7,9H2,1-5H3. The number of fused-ring (bicyclic) bond motifs is 1. The van der Waals surface area contributed by atoms with Gasteiger partial charge in [0.1, 0.15) is 5.82 Å². The first-order valence-corrected chi connectivity index (χ1v) is 7.14. The van der Waals surface area contributed by atoms with Gasteiger partial charge in [-0.3, -0.25) is 0 Å². The molecule has 2 rings (SSSR count). The number of benzene rings is 1. The lowest BCUT2D eigenvalue weighted by Gasteiger charge is -2.20. The fourth-order valence-corrected chi connectivity index (χ4v) is 3.22. The van der Waals surface area contributed by atoms with Crippen LogP contribution in [0.2, 0.25) is 0 Å². The summed E-state index contributed by atoms with van der Waals surface area (Å²) in [6.07, 6.45) is 1.91. The van der Waals surface area contributed by atoms with Gasteiger partial charge in [0.15, 0.2) is 11.5 Å². The van der Waals surface area contributed by atoms with E-state index in [2.05, 4.69) is 26.1 Å². The number of rotatable bonds is 5. The Morgan fingerprint density at radius 3 is 2.60 bits per heavy atom. The van der Waals surface area contributed by atoms with Gasteiger partial charge in [0.25, 0.3) is 0 Å². The van der Waals surface area contributed by atoms with Crippen LogP contribution in [0.3, 0.4) is 0 Å². The third kappa shape index (κ3) is 2.37. The first-order chi connectivity index (χ1) is 9.46. The summed E-state index contributed by atoms with van der Waals surface area (Å²) in [5.74, 6) is 0.913. The van der Waals surface area contributed by atoms with Gasteiger partial charge in [0.05, 0.1) is 14.2 Å². The molecule has 3 nitrogen and oxygen atoms in total. The summed E-state index contributed by atoms with van der Waals surface area (Å²) < 4.78 is 25.3. The number of methoxy groups -OCH3 is 2. The molecular formula is C16H24FNO2. The van der Waals surface area contributed by atoms with Gasteiger partial charge in [-0.25, -0.2) is 4.39 Å². The molecule has 0 fully saturated rings. The number of hydrogen-bond acceptors (Lipinski definition) is 3. The molecule has 0 radical (unpaired) electrons. The Balaban J connectivity index is 2.59. The summed E-state index contributed by atoms with van der Waals surface area (Å²) >= 11 is 0. The zero-order chi connectivity index (χ0) is 14.9. The van der Waals surface area contributed by atoms with Crippen LogP contribution < -0.4 is 14.8 Å². The number of hydrogen-bond donors (Lipinski definition) is 1. The lowest BCUT2D eigenvalue weighted by atomic mass is 9.86. The second kappa shape index (κ2) is 5.60. The minimum absolute atomic E-state index is 0.111. The molecule has 1 aliphatic rings. The van der Waals surface area contributed by atoms with E-state index in [1.165, 1.54) is 13.2 Å². The molecule has 4 heteroatoms. The number of ether oxygens (including phenoxy) is 2. The van der Waals surface area contributed by atoms with Gasteiger partial charge in [-0.05, 0) is 24.8 Å². The Bertz CT molecular complexity index is 500. The molecule has 1 aromatic carbocycles. The quantitative estimate of drug-likeness (QED) is 0.895. The number of nitrogens with one attached hydrogen (secondary N) is 1. The average molecular weight is 281 g/mol. The summed E-state index contributed by atoms with van der Waals surface area (Å²) in [7, 11) is 3.15. The Morgan fingerprint density at radius 2 is 2.05 bits per heavy atom. The molecule has 0 saturated heterocycles. The van der Waals surface area contributed by atoms with Gasteiger partial charge in [-0.1, -0.05) is 20.8 Å². The van der Waals surface area contributed by atoms with E-state index >= 15 is 0 Å². The fourth-order valence-electron chi connectivity index (χ4n) is 3.22. The summed E-state index contributed by atoms with van der Waals surface area (Å²) in [4.78, 5) is 0. The topological polar surface area (TPSA) is 30.5 Å². The van der Waals surface area contributed by atoms with E-state index in [1.807, 2.05) is 0 Å². The molecule has 1 aromatic rings. The highest BCUT2D eigenvalue weighted by molar-refractivity contribution is 5.57. The van der Waals surface area contributed by atoms with Crippen molar-refractivity contribution in [2.75, 3.05) is 20.8 Å². The summed E-state index contributed by atoms with van der Waals surface area (Å²) in [6, 6.07) is 1.54. The smallest absolute Gasteiger partial charge is 0.165 e. The first kappa shape index (κ1) is 15.1. The van der Waals surface area contributed by atoms with E-state index in [0.717, 1.165) is 30.5 Å². The van der Waals surface area contributed by atoms with Crippen molar-refractivity contribution in [1.29, 1.82) is 0 Å². The number of halogens is 1. The highest BCUT2D eigenvalue weighted by atomic mass is 19.1. The van der Waals surface area contributed by atoms with Gasteiger partial charge >= 0.3 is 0 Å². The second-order valence-electron chi connectivity index (χ2n) is 5.98. The van der Waals surface area contributed by atoms with E-state index in [1.54, 1.807) is 7.11 Å². The van der Waals surface area contributed by atoms with Crippen LogP contribution in [0.5, 0.6) is 11.5 Å². The van der Waals surface area contributed by atoms with Crippen molar-refractivity contribution in [3.63, 3.8) is 0 Å². The predicted molar refractivity (Wildman–Crippen MR) is 78.2 cm³/mol. The molecule has 0 saturated carbocycles. The molecule has 0 spiro atoms. The highest BCUT2D eigenvalue weighted by Gasteiger charge is 2.42. The Labute approximate surface area is 120 Å². The van der Waals surface area contributed by atoms with Crippen LogP contribution in [-0.2, 0) is 5.41 Å². The van der Waals surface area contributed by atoms with Crippen LogP contribution in [0.4, 0.5) is 4.39 Å². The van der Waals surface area contributed by atoms with Crippen molar-refractivity contribution >= 4 is 0 Å². The van der Waals surface area contributed by atoms with E-state index in [4.69, 9.17) is 9.47 Å². The first-order valence-electron chi connectivity index (χ1n) is 7.14. The van der Waals surface area contributed by atoms with Gasteiger partial charge in [0, 0.05) is 23.2 Å². The van der Waals surface area contributed by atoms with Crippen LogP contribution >= 0.6 is 0 Å². The third-order valence-corrected chi connectivity index (χ3v) is 4.04. The van der Waals surface area contributed by atoms with Crippen LogP contribution in [0.25, 0.3) is 0 Å². The van der Waals surface area contributed by atoms with Crippen LogP contribution in [0.15, 0.2) is 6.07 Å². The Morgan fingerprint density at radius 1 is 1.35 bits per heavy atom. The van der Waals surface area contributed by atoms with Crippen molar-refractivity contribution in [2.24, 2.45) is 0 Å². The molecule has 1 aliphatic carbocycles. The monoisotopic (exact) mass is 281 g/mol. The van der Waals surface area contributed by atoms with Crippen LogP contribution in [0, 0.1) is 5.82 Å². The summed E-state index contributed by atoms with van der Waals surface area (Å²) in [5, 5.41) is 3.49. The molecule has 112 valence electrons.